The van der Waals surface area contributed by atoms with Crippen LogP contribution in [0.3, 0.4) is 0 Å². The van der Waals surface area contributed by atoms with Crippen LogP contribution in [0, 0.1) is 0 Å². The highest BCUT2D eigenvalue weighted by Gasteiger charge is 2.09. The highest BCUT2D eigenvalue weighted by atomic mass is 79.9. The zero-order valence-electron chi connectivity index (χ0n) is 10.2. The zero-order valence-corrected chi connectivity index (χ0v) is 11.8. The first kappa shape index (κ1) is 12.8. The zero-order chi connectivity index (χ0) is 13.3. The lowest BCUT2D eigenvalue weighted by molar-refractivity contribution is 0.495. The number of hydrogen-bond donors (Lipinski definition) is 1. The van der Waals surface area contributed by atoms with Crippen LogP contribution in [0.15, 0.2) is 28.0 Å². The standard InChI is InChI=1S/C11H14BrN5O/c1-7(2)17-10(14-6-15-17)5-16-3-8(12)11(18)9(13)4-16/h3-4,6-7H,5,13H2,1-2H3. The van der Waals surface area contributed by atoms with Crippen LogP contribution in [0.5, 0.6) is 0 Å². The Kier molecular flexibility index (Phi) is 3.51. The van der Waals surface area contributed by atoms with Crippen LogP contribution in [0.2, 0.25) is 0 Å². The maximum Gasteiger partial charge on any atom is 0.218 e. The molecular weight excluding hydrogens is 298 g/mol. The maximum absolute atomic E-state index is 11.5. The molecule has 0 fully saturated rings. The van der Waals surface area contributed by atoms with E-state index in [0.717, 1.165) is 5.82 Å². The van der Waals surface area contributed by atoms with Crippen LogP contribution in [0.1, 0.15) is 25.7 Å². The van der Waals surface area contributed by atoms with E-state index in [4.69, 9.17) is 5.73 Å². The molecule has 0 aromatic carbocycles. The summed E-state index contributed by atoms with van der Waals surface area (Å²) in [4.78, 5) is 15.7. The van der Waals surface area contributed by atoms with Gasteiger partial charge in [0, 0.05) is 18.4 Å². The Morgan fingerprint density at radius 2 is 2.17 bits per heavy atom. The average molecular weight is 312 g/mol. The quantitative estimate of drug-likeness (QED) is 0.929. The first-order chi connectivity index (χ1) is 8.49. The number of hydrogen-bond acceptors (Lipinski definition) is 4. The number of nitrogen functional groups attached to an aromatic ring is 1. The minimum absolute atomic E-state index is 0.198. The second kappa shape index (κ2) is 4.93. The van der Waals surface area contributed by atoms with E-state index in [2.05, 4.69) is 26.0 Å². The summed E-state index contributed by atoms with van der Waals surface area (Å²) >= 11 is 3.19. The Balaban J connectivity index is 2.34. The van der Waals surface area contributed by atoms with Gasteiger partial charge in [0.1, 0.15) is 12.2 Å². The SMILES string of the molecule is CC(C)n1ncnc1Cn1cc(N)c(=O)c(Br)c1. The van der Waals surface area contributed by atoms with E-state index in [1.807, 2.05) is 23.1 Å². The van der Waals surface area contributed by atoms with Crippen molar-refractivity contribution < 1.29 is 0 Å². The van der Waals surface area contributed by atoms with Gasteiger partial charge in [0.05, 0.1) is 16.7 Å². The average Bonchev–Trinajstić information content (AvgIpc) is 2.74. The Morgan fingerprint density at radius 1 is 1.44 bits per heavy atom. The minimum Gasteiger partial charge on any atom is -0.394 e. The Bertz CT molecular complexity index is 590. The molecule has 0 saturated carbocycles. The number of anilines is 1. The van der Waals surface area contributed by atoms with Gasteiger partial charge in [-0.15, -0.1) is 0 Å². The number of pyridine rings is 1. The van der Waals surface area contributed by atoms with Crippen molar-refractivity contribution in [2.75, 3.05) is 5.73 Å². The molecule has 0 radical (unpaired) electrons. The van der Waals surface area contributed by atoms with Gasteiger partial charge in [-0.25, -0.2) is 9.67 Å². The molecule has 2 N–H and O–H groups in total. The number of nitrogens with zero attached hydrogens (tertiary/aromatic N) is 4. The fourth-order valence-electron chi connectivity index (χ4n) is 1.69. The van der Waals surface area contributed by atoms with Gasteiger partial charge in [-0.3, -0.25) is 4.79 Å². The third kappa shape index (κ3) is 2.45. The van der Waals surface area contributed by atoms with Crippen molar-refractivity contribution in [3.8, 4) is 0 Å². The number of rotatable bonds is 3. The summed E-state index contributed by atoms with van der Waals surface area (Å²) in [6.45, 7) is 4.59. The van der Waals surface area contributed by atoms with Gasteiger partial charge in [0.15, 0.2) is 0 Å². The summed E-state index contributed by atoms with van der Waals surface area (Å²) in [5.41, 5.74) is 5.65. The van der Waals surface area contributed by atoms with Crippen LogP contribution in [-0.2, 0) is 6.54 Å². The number of nitrogens with two attached hydrogens (primary N) is 1. The summed E-state index contributed by atoms with van der Waals surface area (Å²) in [6.07, 6.45) is 4.82. The van der Waals surface area contributed by atoms with Gasteiger partial charge in [-0.2, -0.15) is 5.10 Å². The Morgan fingerprint density at radius 3 is 2.78 bits per heavy atom. The van der Waals surface area contributed by atoms with Crippen LogP contribution < -0.4 is 11.2 Å². The third-order valence-electron chi connectivity index (χ3n) is 2.52. The molecule has 0 bridgehead atoms. The van der Waals surface area contributed by atoms with E-state index >= 15 is 0 Å². The number of aromatic nitrogens is 4. The van der Waals surface area contributed by atoms with Crippen LogP contribution >= 0.6 is 15.9 Å². The molecule has 0 aliphatic rings. The van der Waals surface area contributed by atoms with E-state index in [0.29, 0.717) is 11.0 Å². The van der Waals surface area contributed by atoms with E-state index in [1.54, 1.807) is 12.4 Å². The smallest absolute Gasteiger partial charge is 0.218 e. The summed E-state index contributed by atoms with van der Waals surface area (Å²) in [7, 11) is 0. The summed E-state index contributed by atoms with van der Waals surface area (Å²) in [5.74, 6) is 0.819. The van der Waals surface area contributed by atoms with Gasteiger partial charge in [0.2, 0.25) is 5.43 Å². The predicted molar refractivity (Wildman–Crippen MR) is 72.3 cm³/mol. The first-order valence-electron chi connectivity index (χ1n) is 5.52. The monoisotopic (exact) mass is 311 g/mol. The van der Waals surface area contributed by atoms with Gasteiger partial charge >= 0.3 is 0 Å². The molecule has 18 heavy (non-hydrogen) atoms. The predicted octanol–water partition coefficient (Wildman–Crippen LogP) is 1.41. The fraction of sp³-hybridized carbons (Fsp3) is 0.364. The highest BCUT2D eigenvalue weighted by molar-refractivity contribution is 9.10. The molecule has 2 aromatic rings. The number of halogens is 1. The molecule has 2 heterocycles. The molecule has 2 rings (SSSR count). The molecule has 6 nitrogen and oxygen atoms in total. The van der Waals surface area contributed by atoms with Crippen LogP contribution in [0.4, 0.5) is 5.69 Å². The second-order valence-corrected chi connectivity index (χ2v) is 5.13. The summed E-state index contributed by atoms with van der Waals surface area (Å²) in [5, 5.41) is 4.16. The highest BCUT2D eigenvalue weighted by Crippen LogP contribution is 2.10. The lowest BCUT2D eigenvalue weighted by Crippen LogP contribution is -2.16. The molecule has 0 aliphatic carbocycles. The molecule has 0 spiro atoms. The summed E-state index contributed by atoms with van der Waals surface area (Å²) < 4.78 is 4.09. The van der Waals surface area contributed by atoms with E-state index < -0.39 is 0 Å². The van der Waals surface area contributed by atoms with Gasteiger partial charge < -0.3 is 10.3 Å². The second-order valence-electron chi connectivity index (χ2n) is 4.28. The topological polar surface area (TPSA) is 78.7 Å². The molecule has 0 amide bonds. The minimum atomic E-state index is -0.198. The van der Waals surface area contributed by atoms with Gasteiger partial charge in [-0.05, 0) is 29.8 Å². The molecule has 0 aliphatic heterocycles. The molecule has 2 aromatic heterocycles. The third-order valence-corrected chi connectivity index (χ3v) is 3.09. The lowest BCUT2D eigenvalue weighted by Gasteiger charge is -2.11. The van der Waals surface area contributed by atoms with E-state index in [-0.39, 0.29) is 17.2 Å². The van der Waals surface area contributed by atoms with Crippen molar-refractivity contribution in [3.05, 3.63) is 39.2 Å². The largest absolute Gasteiger partial charge is 0.394 e. The maximum atomic E-state index is 11.5. The Labute approximate surface area is 113 Å². The molecule has 96 valence electrons. The Hall–Kier alpha value is -1.63. The molecular formula is C11H14BrN5O. The first-order valence-corrected chi connectivity index (χ1v) is 6.31. The molecule has 0 saturated heterocycles. The van der Waals surface area contributed by atoms with Gasteiger partial charge in [-0.1, -0.05) is 0 Å². The van der Waals surface area contributed by atoms with Crippen molar-refractivity contribution in [1.82, 2.24) is 19.3 Å². The fourth-order valence-corrected chi connectivity index (χ4v) is 2.18. The van der Waals surface area contributed by atoms with Gasteiger partial charge in [0.25, 0.3) is 0 Å². The van der Waals surface area contributed by atoms with Crippen molar-refractivity contribution in [2.24, 2.45) is 0 Å². The van der Waals surface area contributed by atoms with Crippen molar-refractivity contribution in [1.29, 1.82) is 0 Å². The summed E-state index contributed by atoms with van der Waals surface area (Å²) in [6, 6.07) is 0.239. The lowest BCUT2D eigenvalue weighted by atomic mass is 10.3. The van der Waals surface area contributed by atoms with E-state index in [9.17, 15) is 4.79 Å². The van der Waals surface area contributed by atoms with Crippen molar-refractivity contribution in [3.63, 3.8) is 0 Å². The van der Waals surface area contributed by atoms with Crippen molar-refractivity contribution >= 4 is 21.6 Å². The molecule has 7 heteroatoms. The normalized spacial score (nSPS) is 11.1. The van der Waals surface area contributed by atoms with E-state index in [1.165, 1.54) is 6.33 Å². The van der Waals surface area contributed by atoms with Crippen molar-refractivity contribution in [2.45, 2.75) is 26.4 Å². The molecule has 0 unspecified atom stereocenters. The van der Waals surface area contributed by atoms with Crippen LogP contribution in [-0.4, -0.2) is 19.3 Å². The van der Waals surface area contributed by atoms with Crippen LogP contribution in [0.25, 0.3) is 0 Å². The molecule has 0 atom stereocenters.